The minimum absolute atomic E-state index is 0.0742. The number of rotatable bonds is 4. The third-order valence-corrected chi connectivity index (χ3v) is 2.50. The minimum atomic E-state index is -2.35. The summed E-state index contributed by atoms with van der Waals surface area (Å²) in [6, 6.07) is 0.0742. The van der Waals surface area contributed by atoms with Gasteiger partial charge in [0.2, 0.25) is 12.4 Å². The number of halogens is 2. The Morgan fingerprint density at radius 3 is 2.57 bits per heavy atom. The fourth-order valence-electron chi connectivity index (χ4n) is 1.01. The van der Waals surface area contributed by atoms with Crippen LogP contribution in [0.15, 0.2) is 5.16 Å². The summed E-state index contributed by atoms with van der Waals surface area (Å²) in [4.78, 5) is 0. The first-order valence-electron chi connectivity index (χ1n) is 4.13. The van der Waals surface area contributed by atoms with Gasteiger partial charge in [0, 0.05) is 6.04 Å². The molecule has 0 saturated heterocycles. The lowest BCUT2D eigenvalue weighted by molar-refractivity contribution is 0.176. The van der Waals surface area contributed by atoms with Crippen molar-refractivity contribution >= 4 is 17.7 Å². The van der Waals surface area contributed by atoms with Gasteiger partial charge < -0.3 is 5.73 Å². The summed E-state index contributed by atoms with van der Waals surface area (Å²) < 4.78 is 25.5. The van der Waals surface area contributed by atoms with Gasteiger partial charge in [-0.3, -0.25) is 4.57 Å². The summed E-state index contributed by atoms with van der Waals surface area (Å²) in [5.74, 6) is -0.0260. The lowest BCUT2D eigenvalue weighted by Gasteiger charge is -2.10. The number of hydrogen-bond acceptors (Lipinski definition) is 4. The van der Waals surface area contributed by atoms with Crippen LogP contribution < -0.4 is 5.73 Å². The smallest absolute Gasteiger partial charge is 0.248 e. The van der Waals surface area contributed by atoms with Gasteiger partial charge in [0.1, 0.15) is 0 Å². The van der Waals surface area contributed by atoms with Crippen molar-refractivity contribution in [2.75, 3.05) is 11.5 Å². The average Bonchev–Trinajstić information content (AvgIpc) is 2.43. The van der Waals surface area contributed by atoms with Crippen LogP contribution in [-0.2, 0) is 0 Å². The van der Waals surface area contributed by atoms with E-state index in [2.05, 4.69) is 10.2 Å². The van der Waals surface area contributed by atoms with Gasteiger partial charge in [0.25, 0.3) is 0 Å². The normalized spacial score (nSPS) is 11.6. The van der Waals surface area contributed by atoms with Gasteiger partial charge in [-0.2, -0.15) is 0 Å². The number of hydrogen-bond donors (Lipinski definition) is 1. The van der Waals surface area contributed by atoms with E-state index in [1.54, 1.807) is 4.57 Å². The van der Waals surface area contributed by atoms with Crippen molar-refractivity contribution in [2.45, 2.75) is 31.5 Å². The van der Waals surface area contributed by atoms with E-state index in [-0.39, 0.29) is 17.7 Å². The highest BCUT2D eigenvalue weighted by molar-refractivity contribution is 7.99. The second-order valence-corrected chi connectivity index (χ2v) is 3.99. The summed E-state index contributed by atoms with van der Waals surface area (Å²) in [5.41, 5.74) is 5.54. The molecule has 1 aromatic heterocycles. The summed E-state index contributed by atoms with van der Waals surface area (Å²) in [5, 5.41) is 7.81. The van der Waals surface area contributed by atoms with Crippen molar-refractivity contribution in [1.29, 1.82) is 0 Å². The number of alkyl halides is 2. The molecule has 0 aliphatic rings. The van der Waals surface area contributed by atoms with E-state index in [1.165, 1.54) is 0 Å². The molecule has 14 heavy (non-hydrogen) atoms. The van der Waals surface area contributed by atoms with Crippen LogP contribution in [-0.4, -0.2) is 26.9 Å². The van der Waals surface area contributed by atoms with Gasteiger partial charge in [-0.05, 0) is 13.8 Å². The van der Waals surface area contributed by atoms with Crippen molar-refractivity contribution in [3.05, 3.63) is 0 Å². The first-order chi connectivity index (χ1) is 6.52. The molecule has 7 heteroatoms. The molecule has 0 aliphatic heterocycles. The summed E-state index contributed by atoms with van der Waals surface area (Å²) >= 11 is 0.964. The predicted molar refractivity (Wildman–Crippen MR) is 51.5 cm³/mol. The minimum Gasteiger partial charge on any atom is -0.368 e. The Hall–Kier alpha value is -0.850. The van der Waals surface area contributed by atoms with Crippen LogP contribution in [0.2, 0.25) is 0 Å². The molecule has 1 rings (SSSR count). The zero-order valence-corrected chi connectivity index (χ0v) is 8.76. The summed E-state index contributed by atoms with van der Waals surface area (Å²) in [6.45, 7) is 3.79. The molecule has 0 bridgehead atoms. The predicted octanol–water partition coefficient (Wildman–Crippen LogP) is 1.80. The van der Waals surface area contributed by atoms with Crippen molar-refractivity contribution in [3.8, 4) is 0 Å². The third kappa shape index (κ3) is 2.57. The fourth-order valence-corrected chi connectivity index (χ4v) is 1.83. The molecule has 2 N–H and O–H groups in total. The fraction of sp³-hybridized carbons (Fsp3) is 0.714. The lowest BCUT2D eigenvalue weighted by Crippen LogP contribution is -2.07. The van der Waals surface area contributed by atoms with E-state index >= 15 is 0 Å². The Morgan fingerprint density at radius 1 is 1.43 bits per heavy atom. The van der Waals surface area contributed by atoms with E-state index in [1.807, 2.05) is 13.8 Å². The highest BCUT2D eigenvalue weighted by Crippen LogP contribution is 2.23. The molecule has 4 nitrogen and oxygen atoms in total. The first-order valence-corrected chi connectivity index (χ1v) is 5.12. The van der Waals surface area contributed by atoms with Crippen molar-refractivity contribution in [3.63, 3.8) is 0 Å². The average molecular weight is 222 g/mol. The zero-order valence-electron chi connectivity index (χ0n) is 7.94. The Bertz CT molecular complexity index is 300. The maximum Gasteiger partial charge on any atom is 0.248 e. The molecule has 0 aliphatic carbocycles. The molecule has 0 fully saturated rings. The SMILES string of the molecule is CC(C)n1c(N)nnc1SCC(F)F. The number of aromatic nitrogens is 3. The second kappa shape index (κ2) is 4.59. The zero-order chi connectivity index (χ0) is 10.7. The molecule has 1 aromatic rings. The van der Waals surface area contributed by atoms with E-state index in [4.69, 9.17) is 5.73 Å². The third-order valence-electron chi connectivity index (χ3n) is 1.55. The summed E-state index contributed by atoms with van der Waals surface area (Å²) in [6.07, 6.45) is -2.35. The Morgan fingerprint density at radius 2 is 2.07 bits per heavy atom. The van der Waals surface area contributed by atoms with Gasteiger partial charge in [0.05, 0.1) is 5.75 Å². The van der Waals surface area contributed by atoms with Gasteiger partial charge in [-0.1, -0.05) is 11.8 Å². The lowest BCUT2D eigenvalue weighted by atomic mass is 10.4. The van der Waals surface area contributed by atoms with Gasteiger partial charge >= 0.3 is 0 Å². The number of nitrogens with zero attached hydrogens (tertiary/aromatic N) is 3. The van der Waals surface area contributed by atoms with Crippen LogP contribution in [0.5, 0.6) is 0 Å². The van der Waals surface area contributed by atoms with Crippen molar-refractivity contribution in [2.24, 2.45) is 0 Å². The molecule has 80 valence electrons. The highest BCUT2D eigenvalue weighted by atomic mass is 32.2. The number of nitrogens with two attached hydrogens (primary N) is 1. The molecule has 0 amide bonds. The van der Waals surface area contributed by atoms with Crippen LogP contribution in [0.4, 0.5) is 14.7 Å². The number of anilines is 1. The summed E-state index contributed by atoms with van der Waals surface area (Å²) in [7, 11) is 0. The standard InChI is InChI=1S/C7H12F2N4S/c1-4(2)13-6(10)11-12-7(13)14-3-5(8)9/h4-5H,3H2,1-2H3,(H2,10,11). The molecule has 1 heterocycles. The van der Waals surface area contributed by atoms with Gasteiger partial charge in [-0.25, -0.2) is 8.78 Å². The van der Waals surface area contributed by atoms with Gasteiger partial charge in [-0.15, -0.1) is 10.2 Å². The van der Waals surface area contributed by atoms with Crippen molar-refractivity contribution in [1.82, 2.24) is 14.8 Å². The molecule has 0 atom stereocenters. The molecule has 0 saturated carbocycles. The molecule has 0 unspecified atom stereocenters. The molecular weight excluding hydrogens is 210 g/mol. The monoisotopic (exact) mass is 222 g/mol. The Kier molecular flexibility index (Phi) is 3.68. The molecule has 0 aromatic carbocycles. The largest absolute Gasteiger partial charge is 0.368 e. The van der Waals surface area contributed by atoms with Crippen LogP contribution in [0.3, 0.4) is 0 Å². The number of thioether (sulfide) groups is 1. The second-order valence-electron chi connectivity index (χ2n) is 3.01. The Labute approximate surface area is 84.9 Å². The Balaban J connectivity index is 2.76. The van der Waals surface area contributed by atoms with E-state index < -0.39 is 6.43 Å². The van der Waals surface area contributed by atoms with E-state index in [0.29, 0.717) is 5.16 Å². The van der Waals surface area contributed by atoms with E-state index in [0.717, 1.165) is 11.8 Å². The topological polar surface area (TPSA) is 56.7 Å². The maximum absolute atomic E-state index is 12.0. The molecular formula is C7H12F2N4S. The van der Waals surface area contributed by atoms with Crippen LogP contribution >= 0.6 is 11.8 Å². The highest BCUT2D eigenvalue weighted by Gasteiger charge is 2.14. The number of nitrogen functional groups attached to an aromatic ring is 1. The van der Waals surface area contributed by atoms with E-state index in [9.17, 15) is 8.78 Å². The van der Waals surface area contributed by atoms with Crippen LogP contribution in [0, 0.1) is 0 Å². The quantitative estimate of drug-likeness (QED) is 0.789. The molecule has 0 spiro atoms. The van der Waals surface area contributed by atoms with Gasteiger partial charge in [0.15, 0.2) is 5.16 Å². The van der Waals surface area contributed by atoms with Crippen LogP contribution in [0.25, 0.3) is 0 Å². The first kappa shape index (κ1) is 11.2. The maximum atomic E-state index is 12.0. The van der Waals surface area contributed by atoms with Crippen LogP contribution in [0.1, 0.15) is 19.9 Å². The molecule has 0 radical (unpaired) electrons. The van der Waals surface area contributed by atoms with Crippen molar-refractivity contribution < 1.29 is 8.78 Å².